The minimum atomic E-state index is 0.260. The van der Waals surface area contributed by atoms with Gasteiger partial charge in [-0.15, -0.1) is 0 Å². The van der Waals surface area contributed by atoms with E-state index in [0.717, 1.165) is 0 Å². The van der Waals surface area contributed by atoms with Gasteiger partial charge in [-0.2, -0.15) is 5.53 Å². The van der Waals surface area contributed by atoms with E-state index in [1.807, 2.05) is 20.0 Å². The molecule has 0 aliphatic carbocycles. The molecule has 3 heteroatoms. The molecule has 0 fully saturated rings. The molecule has 0 radical (unpaired) electrons. The van der Waals surface area contributed by atoms with Crippen LogP contribution in [-0.4, -0.2) is 11.1 Å². The molecule has 0 heterocycles. The quantitative estimate of drug-likeness (QED) is 0.509. The maximum Gasteiger partial charge on any atom is 0.0479 e. The highest BCUT2D eigenvalue weighted by Gasteiger charge is 2.04. The van der Waals surface area contributed by atoms with Crippen LogP contribution in [0.25, 0.3) is 0 Å². The first-order valence-electron chi connectivity index (χ1n) is 4.33. The summed E-state index contributed by atoms with van der Waals surface area (Å²) in [5.74, 6) is 0.521. The van der Waals surface area contributed by atoms with E-state index in [1.54, 1.807) is 5.01 Å². The number of allylic oxidation sites excluding steroid dienone is 1. The van der Waals surface area contributed by atoms with Gasteiger partial charge in [0, 0.05) is 12.2 Å². The van der Waals surface area contributed by atoms with Gasteiger partial charge in [-0.3, -0.25) is 5.01 Å². The zero-order valence-electron chi connectivity index (χ0n) is 8.63. The van der Waals surface area contributed by atoms with Crippen molar-refractivity contribution in [3.8, 4) is 0 Å². The van der Waals surface area contributed by atoms with Crippen LogP contribution in [0.1, 0.15) is 34.6 Å². The van der Waals surface area contributed by atoms with Crippen molar-refractivity contribution in [3.63, 3.8) is 0 Å². The highest BCUT2D eigenvalue weighted by Crippen LogP contribution is 2.11. The number of hydrogen-bond acceptors (Lipinski definition) is 2. The van der Waals surface area contributed by atoms with Gasteiger partial charge in [-0.05, 0) is 26.7 Å². The fraction of sp³-hybridized carbons (Fsp3) is 0.778. The molecule has 0 unspecified atom stereocenters. The molecule has 0 saturated carbocycles. The summed E-state index contributed by atoms with van der Waals surface area (Å²) >= 11 is 0. The Balaban J connectivity index is 4.35. The number of rotatable bonds is 4. The lowest BCUT2D eigenvalue weighted by molar-refractivity contribution is 0.294. The molecule has 0 amide bonds. The minimum Gasteiger partial charge on any atom is -0.252 e. The molecule has 0 bridgehead atoms. The third kappa shape index (κ3) is 3.51. The summed E-state index contributed by atoms with van der Waals surface area (Å²) in [7, 11) is 0. The van der Waals surface area contributed by atoms with Crippen LogP contribution < -0.4 is 0 Å². The van der Waals surface area contributed by atoms with E-state index >= 15 is 0 Å². The normalized spacial score (nSPS) is 12.4. The average Bonchev–Trinajstić information content (AvgIpc) is 1.98. The summed E-state index contributed by atoms with van der Waals surface area (Å²) in [5, 5.41) is 5.08. The zero-order chi connectivity index (χ0) is 9.72. The zero-order valence-corrected chi connectivity index (χ0v) is 8.63. The standard InChI is InChI=1S/C9H19N3/c1-7(2)9(5)6-12(11-10)8(3)4/h6-8,10H,1-5H3/b9-6+,11-10?. The van der Waals surface area contributed by atoms with Crippen molar-refractivity contribution in [1.29, 1.82) is 5.53 Å². The monoisotopic (exact) mass is 169 g/mol. The summed E-state index contributed by atoms with van der Waals surface area (Å²) in [6, 6.07) is 0.260. The van der Waals surface area contributed by atoms with Crippen LogP contribution in [0, 0.1) is 11.4 Å². The number of hydrogen-bond donors (Lipinski definition) is 1. The molecule has 0 spiro atoms. The van der Waals surface area contributed by atoms with E-state index < -0.39 is 0 Å². The maximum absolute atomic E-state index is 6.93. The van der Waals surface area contributed by atoms with Crippen LogP contribution in [0.15, 0.2) is 17.0 Å². The van der Waals surface area contributed by atoms with Gasteiger partial charge in [0.15, 0.2) is 0 Å². The average molecular weight is 169 g/mol. The van der Waals surface area contributed by atoms with Crippen LogP contribution >= 0.6 is 0 Å². The van der Waals surface area contributed by atoms with E-state index in [9.17, 15) is 0 Å². The first-order chi connectivity index (χ1) is 5.49. The Morgan fingerprint density at radius 3 is 2.08 bits per heavy atom. The molecule has 70 valence electrons. The molecular formula is C9H19N3. The summed E-state index contributed by atoms with van der Waals surface area (Å²) in [6.45, 7) is 10.4. The Morgan fingerprint density at radius 2 is 1.83 bits per heavy atom. The van der Waals surface area contributed by atoms with Crippen molar-refractivity contribution >= 4 is 0 Å². The van der Waals surface area contributed by atoms with Crippen molar-refractivity contribution in [3.05, 3.63) is 11.8 Å². The predicted molar refractivity (Wildman–Crippen MR) is 50.7 cm³/mol. The van der Waals surface area contributed by atoms with Crippen LogP contribution in [-0.2, 0) is 0 Å². The van der Waals surface area contributed by atoms with Crippen molar-refractivity contribution in [2.24, 2.45) is 11.1 Å². The van der Waals surface area contributed by atoms with Gasteiger partial charge in [0.2, 0.25) is 0 Å². The van der Waals surface area contributed by atoms with Crippen molar-refractivity contribution < 1.29 is 0 Å². The van der Waals surface area contributed by atoms with E-state index in [-0.39, 0.29) is 6.04 Å². The lowest BCUT2D eigenvalue weighted by atomic mass is 10.1. The second-order valence-corrected chi connectivity index (χ2v) is 3.60. The van der Waals surface area contributed by atoms with Gasteiger partial charge < -0.3 is 0 Å². The topological polar surface area (TPSA) is 39.5 Å². The van der Waals surface area contributed by atoms with E-state index in [4.69, 9.17) is 5.53 Å². The molecular weight excluding hydrogens is 150 g/mol. The Kier molecular flexibility index (Phi) is 4.55. The predicted octanol–water partition coefficient (Wildman–Crippen LogP) is 3.20. The minimum absolute atomic E-state index is 0.260. The largest absolute Gasteiger partial charge is 0.252 e. The van der Waals surface area contributed by atoms with Gasteiger partial charge in [0.25, 0.3) is 0 Å². The molecule has 0 aliphatic rings. The van der Waals surface area contributed by atoms with Crippen molar-refractivity contribution in [2.75, 3.05) is 0 Å². The molecule has 1 N–H and O–H groups in total. The summed E-state index contributed by atoms with van der Waals surface area (Å²) < 4.78 is 0. The fourth-order valence-electron chi connectivity index (χ4n) is 0.651. The van der Waals surface area contributed by atoms with Crippen LogP contribution in [0.4, 0.5) is 0 Å². The fourth-order valence-corrected chi connectivity index (χ4v) is 0.651. The van der Waals surface area contributed by atoms with Gasteiger partial charge in [-0.1, -0.05) is 24.6 Å². The lowest BCUT2D eigenvalue weighted by Crippen LogP contribution is -2.19. The van der Waals surface area contributed by atoms with Gasteiger partial charge >= 0.3 is 0 Å². The summed E-state index contributed by atoms with van der Waals surface area (Å²) in [4.78, 5) is 0. The first kappa shape index (κ1) is 11.1. The molecule has 0 aromatic carbocycles. The summed E-state index contributed by atoms with van der Waals surface area (Å²) in [5.41, 5.74) is 8.18. The Bertz CT molecular complexity index is 171. The molecule has 0 atom stereocenters. The number of nitrogens with zero attached hydrogens (tertiary/aromatic N) is 2. The molecule has 12 heavy (non-hydrogen) atoms. The third-order valence-corrected chi connectivity index (χ3v) is 1.89. The smallest absolute Gasteiger partial charge is 0.0479 e. The van der Waals surface area contributed by atoms with Crippen LogP contribution in [0.5, 0.6) is 0 Å². The van der Waals surface area contributed by atoms with E-state index in [0.29, 0.717) is 5.92 Å². The first-order valence-corrected chi connectivity index (χ1v) is 4.33. The van der Waals surface area contributed by atoms with Crippen molar-refractivity contribution in [2.45, 2.75) is 40.7 Å². The molecule has 0 aromatic heterocycles. The van der Waals surface area contributed by atoms with Crippen molar-refractivity contribution in [1.82, 2.24) is 5.01 Å². The Hall–Kier alpha value is -0.860. The van der Waals surface area contributed by atoms with Gasteiger partial charge in [-0.25, -0.2) is 0 Å². The van der Waals surface area contributed by atoms with E-state index in [1.165, 1.54) is 5.57 Å². The second-order valence-electron chi connectivity index (χ2n) is 3.60. The molecule has 0 saturated heterocycles. The van der Waals surface area contributed by atoms with Gasteiger partial charge in [0.05, 0.1) is 0 Å². The third-order valence-electron chi connectivity index (χ3n) is 1.89. The second kappa shape index (κ2) is 4.91. The van der Waals surface area contributed by atoms with Crippen LogP contribution in [0.2, 0.25) is 0 Å². The Labute approximate surface area is 74.9 Å². The highest BCUT2D eigenvalue weighted by molar-refractivity contribution is 4.99. The van der Waals surface area contributed by atoms with Gasteiger partial charge in [0.1, 0.15) is 0 Å². The molecule has 3 nitrogen and oxygen atoms in total. The van der Waals surface area contributed by atoms with Crippen LogP contribution in [0.3, 0.4) is 0 Å². The molecule has 0 aromatic rings. The SMILES string of the molecule is C/C(=C\N(N=N)C(C)C)C(C)C. The summed E-state index contributed by atoms with van der Waals surface area (Å²) in [6.07, 6.45) is 1.93. The molecule has 0 rings (SSSR count). The van der Waals surface area contributed by atoms with E-state index in [2.05, 4.69) is 26.0 Å². The highest BCUT2D eigenvalue weighted by atomic mass is 15.5. The lowest BCUT2D eigenvalue weighted by Gasteiger charge is -2.18. The molecule has 0 aliphatic heterocycles. The maximum atomic E-state index is 6.93. The number of nitrogens with one attached hydrogen (secondary N) is 1. The Morgan fingerprint density at radius 1 is 1.33 bits per heavy atom.